The molecule has 0 bridgehead atoms. The van der Waals surface area contributed by atoms with Crippen molar-refractivity contribution in [2.45, 2.75) is 6.04 Å². The molecular formula is C12H11FN4O. The van der Waals surface area contributed by atoms with Crippen molar-refractivity contribution in [2.75, 3.05) is 5.32 Å². The third kappa shape index (κ3) is 1.54. The SMILES string of the molecule is Cn1nccc1C1NC(=O)Nc2c(F)cccc21. The molecule has 1 aromatic carbocycles. The molecule has 1 aromatic heterocycles. The van der Waals surface area contributed by atoms with Crippen LogP contribution in [0.15, 0.2) is 30.5 Å². The maximum atomic E-state index is 13.7. The van der Waals surface area contributed by atoms with Gasteiger partial charge in [-0.2, -0.15) is 5.10 Å². The maximum absolute atomic E-state index is 13.7. The van der Waals surface area contributed by atoms with Crippen LogP contribution < -0.4 is 10.6 Å². The Hall–Kier alpha value is -2.37. The number of fused-ring (bicyclic) bond motifs is 1. The van der Waals surface area contributed by atoms with Gasteiger partial charge < -0.3 is 10.6 Å². The van der Waals surface area contributed by atoms with Crippen molar-refractivity contribution in [3.8, 4) is 0 Å². The number of carbonyl (C=O) groups is 1. The molecule has 0 saturated carbocycles. The number of hydrogen-bond donors (Lipinski definition) is 2. The van der Waals surface area contributed by atoms with E-state index in [9.17, 15) is 9.18 Å². The van der Waals surface area contributed by atoms with Gasteiger partial charge in [0, 0.05) is 18.8 Å². The van der Waals surface area contributed by atoms with E-state index in [1.165, 1.54) is 6.07 Å². The molecule has 92 valence electrons. The lowest BCUT2D eigenvalue weighted by molar-refractivity contribution is 0.248. The van der Waals surface area contributed by atoms with Crippen molar-refractivity contribution in [1.82, 2.24) is 15.1 Å². The van der Waals surface area contributed by atoms with Crippen LogP contribution in [0.2, 0.25) is 0 Å². The summed E-state index contributed by atoms with van der Waals surface area (Å²) >= 11 is 0. The zero-order valence-corrected chi connectivity index (χ0v) is 9.64. The molecule has 0 saturated heterocycles. The molecule has 2 N–H and O–H groups in total. The number of amides is 2. The molecule has 2 heterocycles. The zero-order valence-electron chi connectivity index (χ0n) is 9.64. The average molecular weight is 246 g/mol. The van der Waals surface area contributed by atoms with Gasteiger partial charge in [0.05, 0.1) is 17.4 Å². The van der Waals surface area contributed by atoms with Gasteiger partial charge in [0.1, 0.15) is 5.82 Å². The predicted octanol–water partition coefficient (Wildman–Crippen LogP) is 1.78. The summed E-state index contributed by atoms with van der Waals surface area (Å²) in [5, 5.41) is 9.31. The first kappa shape index (κ1) is 10.8. The van der Waals surface area contributed by atoms with Gasteiger partial charge >= 0.3 is 6.03 Å². The second-order valence-corrected chi connectivity index (χ2v) is 4.12. The van der Waals surface area contributed by atoms with Crippen molar-refractivity contribution in [2.24, 2.45) is 7.05 Å². The van der Waals surface area contributed by atoms with Crippen molar-refractivity contribution >= 4 is 11.7 Å². The van der Waals surface area contributed by atoms with Crippen LogP contribution in [0.1, 0.15) is 17.3 Å². The van der Waals surface area contributed by atoms with Crippen LogP contribution in [0.25, 0.3) is 0 Å². The molecular weight excluding hydrogens is 235 g/mol. The Kier molecular flexibility index (Phi) is 2.29. The summed E-state index contributed by atoms with van der Waals surface area (Å²) in [5.41, 5.74) is 1.72. The maximum Gasteiger partial charge on any atom is 0.320 e. The van der Waals surface area contributed by atoms with Crippen molar-refractivity contribution < 1.29 is 9.18 Å². The fourth-order valence-corrected chi connectivity index (χ4v) is 2.17. The summed E-state index contributed by atoms with van der Waals surface area (Å²) in [4.78, 5) is 11.6. The summed E-state index contributed by atoms with van der Waals surface area (Å²) in [7, 11) is 1.78. The molecule has 1 aliphatic heterocycles. The van der Waals surface area contributed by atoms with E-state index in [0.29, 0.717) is 5.56 Å². The molecule has 2 aromatic rings. The lowest BCUT2D eigenvalue weighted by Gasteiger charge is -2.27. The number of aromatic nitrogens is 2. The molecule has 1 unspecified atom stereocenters. The fraction of sp³-hybridized carbons (Fsp3) is 0.167. The van der Waals surface area contributed by atoms with Crippen LogP contribution >= 0.6 is 0 Å². The number of anilines is 1. The Morgan fingerprint density at radius 1 is 1.39 bits per heavy atom. The van der Waals surface area contributed by atoms with Gasteiger partial charge in [-0.15, -0.1) is 0 Å². The second-order valence-electron chi connectivity index (χ2n) is 4.12. The highest BCUT2D eigenvalue weighted by molar-refractivity contribution is 5.93. The van der Waals surface area contributed by atoms with Crippen LogP contribution in [-0.4, -0.2) is 15.8 Å². The monoisotopic (exact) mass is 246 g/mol. The summed E-state index contributed by atoms with van der Waals surface area (Å²) < 4.78 is 15.4. The van der Waals surface area contributed by atoms with E-state index < -0.39 is 17.9 Å². The minimum atomic E-state index is -0.436. The Balaban J connectivity index is 2.16. The number of benzene rings is 1. The highest BCUT2D eigenvalue weighted by Crippen LogP contribution is 2.32. The van der Waals surface area contributed by atoms with Crippen molar-refractivity contribution in [1.29, 1.82) is 0 Å². The average Bonchev–Trinajstić information content (AvgIpc) is 2.76. The van der Waals surface area contributed by atoms with Gasteiger partial charge in [0.2, 0.25) is 0 Å². The molecule has 0 radical (unpaired) electrons. The van der Waals surface area contributed by atoms with Crippen LogP contribution in [0.5, 0.6) is 0 Å². The number of hydrogen-bond acceptors (Lipinski definition) is 2. The van der Waals surface area contributed by atoms with E-state index in [1.807, 2.05) is 0 Å². The third-order valence-electron chi connectivity index (χ3n) is 3.03. The number of halogens is 1. The summed E-state index contributed by atoms with van der Waals surface area (Å²) in [6.07, 6.45) is 1.64. The van der Waals surface area contributed by atoms with E-state index in [1.54, 1.807) is 36.1 Å². The highest BCUT2D eigenvalue weighted by Gasteiger charge is 2.28. The Labute approximate surface area is 103 Å². The Morgan fingerprint density at radius 3 is 2.94 bits per heavy atom. The normalized spacial score (nSPS) is 17.9. The van der Waals surface area contributed by atoms with E-state index in [0.717, 1.165) is 5.69 Å². The molecule has 0 aliphatic carbocycles. The number of rotatable bonds is 1. The van der Waals surface area contributed by atoms with Gasteiger partial charge in [0.15, 0.2) is 0 Å². The van der Waals surface area contributed by atoms with Gasteiger partial charge in [-0.1, -0.05) is 12.1 Å². The van der Waals surface area contributed by atoms with Crippen LogP contribution in [0.3, 0.4) is 0 Å². The van der Waals surface area contributed by atoms with Crippen LogP contribution in [0, 0.1) is 5.82 Å². The largest absolute Gasteiger partial charge is 0.325 e. The Bertz CT molecular complexity index is 622. The molecule has 5 nitrogen and oxygen atoms in total. The van der Waals surface area contributed by atoms with Gasteiger partial charge in [0.25, 0.3) is 0 Å². The number of nitrogens with one attached hydrogen (secondary N) is 2. The first-order valence-electron chi connectivity index (χ1n) is 5.50. The van der Waals surface area contributed by atoms with E-state index in [4.69, 9.17) is 0 Å². The molecule has 0 spiro atoms. The molecule has 0 fully saturated rings. The molecule has 3 rings (SSSR count). The first-order valence-corrected chi connectivity index (χ1v) is 5.50. The molecule has 6 heteroatoms. The smallest absolute Gasteiger partial charge is 0.320 e. The standard InChI is InChI=1S/C12H11FN4O/c1-17-9(5-6-14-17)11-7-3-2-4-8(13)10(7)15-12(18)16-11/h2-6,11H,1H3,(H2,15,16,18). The molecule has 18 heavy (non-hydrogen) atoms. The number of para-hydroxylation sites is 1. The minimum absolute atomic E-state index is 0.229. The number of nitrogens with zero attached hydrogens (tertiary/aromatic N) is 2. The van der Waals surface area contributed by atoms with Gasteiger partial charge in [-0.25, -0.2) is 9.18 Å². The van der Waals surface area contributed by atoms with E-state index in [2.05, 4.69) is 15.7 Å². The predicted molar refractivity (Wildman–Crippen MR) is 63.6 cm³/mol. The van der Waals surface area contributed by atoms with Crippen molar-refractivity contribution in [3.05, 3.63) is 47.5 Å². The quantitative estimate of drug-likeness (QED) is 0.805. The zero-order chi connectivity index (χ0) is 12.7. The van der Waals surface area contributed by atoms with Crippen LogP contribution in [-0.2, 0) is 7.05 Å². The third-order valence-corrected chi connectivity index (χ3v) is 3.03. The van der Waals surface area contributed by atoms with Crippen LogP contribution in [0.4, 0.5) is 14.9 Å². The van der Waals surface area contributed by atoms with Gasteiger partial charge in [-0.05, 0) is 12.1 Å². The lowest BCUT2D eigenvalue weighted by atomic mass is 9.99. The topological polar surface area (TPSA) is 59.0 Å². The number of carbonyl (C=O) groups excluding carboxylic acids is 1. The molecule has 2 amide bonds. The minimum Gasteiger partial charge on any atom is -0.325 e. The fourth-order valence-electron chi connectivity index (χ4n) is 2.17. The lowest BCUT2D eigenvalue weighted by Crippen LogP contribution is -2.39. The van der Waals surface area contributed by atoms with Gasteiger partial charge in [-0.3, -0.25) is 4.68 Å². The summed E-state index contributed by atoms with van der Waals surface area (Å²) in [5.74, 6) is -0.436. The van der Waals surface area contributed by atoms with Crippen molar-refractivity contribution in [3.63, 3.8) is 0 Å². The second kappa shape index (κ2) is 3.83. The summed E-state index contributed by atoms with van der Waals surface area (Å²) in [6, 6.07) is 5.71. The Morgan fingerprint density at radius 2 is 2.22 bits per heavy atom. The number of aryl methyl sites for hydroxylation is 1. The molecule has 1 aliphatic rings. The highest BCUT2D eigenvalue weighted by atomic mass is 19.1. The van der Waals surface area contributed by atoms with E-state index in [-0.39, 0.29) is 5.69 Å². The number of urea groups is 1. The van der Waals surface area contributed by atoms with E-state index >= 15 is 0 Å². The first-order chi connectivity index (χ1) is 8.66. The summed E-state index contributed by atoms with van der Waals surface area (Å²) in [6.45, 7) is 0. The molecule has 1 atom stereocenters.